The Morgan fingerprint density at radius 1 is 1.38 bits per heavy atom. The molecule has 2 nitrogen and oxygen atoms in total. The van der Waals surface area contributed by atoms with Gasteiger partial charge in [-0.1, -0.05) is 0 Å². The molecule has 1 heterocycles. The first-order valence-electron chi connectivity index (χ1n) is 5.08. The standard InChI is InChI=1S/C10H14N2S/c11-5-7-3-4-8-9(7)12-10(13-8)6-1-2-6/h6-7H,1-5,11H2. The van der Waals surface area contributed by atoms with Crippen molar-refractivity contribution in [2.24, 2.45) is 5.73 Å². The van der Waals surface area contributed by atoms with Gasteiger partial charge in [-0.05, 0) is 25.7 Å². The van der Waals surface area contributed by atoms with Gasteiger partial charge in [-0.15, -0.1) is 11.3 Å². The number of nitrogens with zero attached hydrogens (tertiary/aromatic N) is 1. The highest BCUT2D eigenvalue weighted by atomic mass is 32.1. The first kappa shape index (κ1) is 7.94. The second-order valence-electron chi connectivity index (χ2n) is 4.11. The van der Waals surface area contributed by atoms with E-state index >= 15 is 0 Å². The zero-order valence-corrected chi connectivity index (χ0v) is 8.44. The molecule has 1 aromatic rings. The normalized spacial score (nSPS) is 26.4. The number of rotatable bonds is 2. The molecule has 0 spiro atoms. The van der Waals surface area contributed by atoms with Gasteiger partial charge in [0.05, 0.1) is 10.7 Å². The van der Waals surface area contributed by atoms with Crippen LogP contribution in [0.15, 0.2) is 0 Å². The third kappa shape index (κ3) is 1.22. The zero-order chi connectivity index (χ0) is 8.84. The van der Waals surface area contributed by atoms with Gasteiger partial charge in [0.1, 0.15) is 0 Å². The summed E-state index contributed by atoms with van der Waals surface area (Å²) in [6.45, 7) is 0.779. The maximum atomic E-state index is 5.71. The van der Waals surface area contributed by atoms with Crippen LogP contribution in [0.3, 0.4) is 0 Å². The van der Waals surface area contributed by atoms with E-state index in [1.165, 1.54) is 41.3 Å². The monoisotopic (exact) mass is 194 g/mol. The first-order valence-corrected chi connectivity index (χ1v) is 5.89. The van der Waals surface area contributed by atoms with E-state index in [1.54, 1.807) is 0 Å². The van der Waals surface area contributed by atoms with E-state index in [0.29, 0.717) is 5.92 Å². The van der Waals surface area contributed by atoms with Crippen molar-refractivity contribution in [3.8, 4) is 0 Å². The van der Waals surface area contributed by atoms with Crippen molar-refractivity contribution < 1.29 is 0 Å². The quantitative estimate of drug-likeness (QED) is 0.782. The fourth-order valence-corrected chi connectivity index (χ4v) is 3.39. The molecule has 0 saturated heterocycles. The van der Waals surface area contributed by atoms with Crippen LogP contribution in [-0.2, 0) is 6.42 Å². The molecule has 1 unspecified atom stereocenters. The van der Waals surface area contributed by atoms with Crippen molar-refractivity contribution >= 4 is 11.3 Å². The number of hydrogen-bond acceptors (Lipinski definition) is 3. The lowest BCUT2D eigenvalue weighted by Gasteiger charge is -2.03. The minimum Gasteiger partial charge on any atom is -0.330 e. The molecule has 1 fully saturated rings. The number of nitrogens with two attached hydrogens (primary N) is 1. The van der Waals surface area contributed by atoms with Crippen LogP contribution in [0.5, 0.6) is 0 Å². The molecule has 13 heavy (non-hydrogen) atoms. The Bertz CT molecular complexity index is 328. The molecular formula is C10H14N2S. The average molecular weight is 194 g/mol. The molecule has 2 aliphatic rings. The number of aryl methyl sites for hydroxylation is 1. The van der Waals surface area contributed by atoms with Gasteiger partial charge in [0.2, 0.25) is 0 Å². The smallest absolute Gasteiger partial charge is 0.0962 e. The highest BCUT2D eigenvalue weighted by Gasteiger charge is 2.32. The van der Waals surface area contributed by atoms with Gasteiger partial charge in [0, 0.05) is 23.3 Å². The van der Waals surface area contributed by atoms with E-state index < -0.39 is 0 Å². The number of hydrogen-bond donors (Lipinski definition) is 1. The fraction of sp³-hybridized carbons (Fsp3) is 0.700. The summed E-state index contributed by atoms with van der Waals surface area (Å²) in [5.74, 6) is 1.38. The third-order valence-electron chi connectivity index (χ3n) is 3.06. The molecule has 0 aromatic carbocycles. The summed E-state index contributed by atoms with van der Waals surface area (Å²) < 4.78 is 0. The van der Waals surface area contributed by atoms with Gasteiger partial charge in [-0.25, -0.2) is 4.98 Å². The first-order chi connectivity index (χ1) is 6.38. The molecule has 1 aromatic heterocycles. The minimum absolute atomic E-state index is 0.568. The topological polar surface area (TPSA) is 38.9 Å². The molecule has 1 saturated carbocycles. The van der Waals surface area contributed by atoms with Crippen molar-refractivity contribution in [2.45, 2.75) is 37.5 Å². The summed E-state index contributed by atoms with van der Waals surface area (Å²) in [7, 11) is 0. The maximum Gasteiger partial charge on any atom is 0.0962 e. The molecule has 3 rings (SSSR count). The van der Waals surface area contributed by atoms with E-state index in [9.17, 15) is 0 Å². The summed E-state index contributed by atoms with van der Waals surface area (Å²) >= 11 is 1.95. The Morgan fingerprint density at radius 2 is 2.23 bits per heavy atom. The van der Waals surface area contributed by atoms with Crippen molar-refractivity contribution in [3.63, 3.8) is 0 Å². The highest BCUT2D eigenvalue weighted by Crippen LogP contribution is 2.45. The van der Waals surface area contributed by atoms with Crippen LogP contribution in [0, 0.1) is 0 Å². The largest absolute Gasteiger partial charge is 0.330 e. The van der Waals surface area contributed by atoms with Crippen LogP contribution in [0.1, 0.15) is 46.7 Å². The number of thiazole rings is 1. The molecule has 2 aliphatic carbocycles. The van der Waals surface area contributed by atoms with Gasteiger partial charge < -0.3 is 5.73 Å². The van der Waals surface area contributed by atoms with Gasteiger partial charge >= 0.3 is 0 Å². The molecule has 2 N–H and O–H groups in total. The van der Waals surface area contributed by atoms with Crippen LogP contribution in [0.25, 0.3) is 0 Å². The van der Waals surface area contributed by atoms with Gasteiger partial charge in [-0.2, -0.15) is 0 Å². The van der Waals surface area contributed by atoms with Gasteiger partial charge in [0.25, 0.3) is 0 Å². The fourth-order valence-electron chi connectivity index (χ4n) is 2.06. The highest BCUT2D eigenvalue weighted by molar-refractivity contribution is 7.11. The van der Waals surface area contributed by atoms with E-state index in [0.717, 1.165) is 12.5 Å². The zero-order valence-electron chi connectivity index (χ0n) is 7.62. The third-order valence-corrected chi connectivity index (χ3v) is 4.36. The van der Waals surface area contributed by atoms with Crippen molar-refractivity contribution in [3.05, 3.63) is 15.6 Å². The average Bonchev–Trinajstić information content (AvgIpc) is 2.78. The molecule has 0 bridgehead atoms. The van der Waals surface area contributed by atoms with Crippen LogP contribution < -0.4 is 5.73 Å². The van der Waals surface area contributed by atoms with Gasteiger partial charge in [-0.3, -0.25) is 0 Å². The van der Waals surface area contributed by atoms with Crippen LogP contribution >= 0.6 is 11.3 Å². The Labute approximate surface area is 82.2 Å². The summed E-state index contributed by atoms with van der Waals surface area (Å²) in [4.78, 5) is 6.27. The van der Waals surface area contributed by atoms with Crippen LogP contribution in [0.2, 0.25) is 0 Å². The SMILES string of the molecule is NCC1CCc2sc(C3CC3)nc21. The molecule has 0 aliphatic heterocycles. The summed E-state index contributed by atoms with van der Waals surface area (Å²) in [5.41, 5.74) is 7.06. The lowest BCUT2D eigenvalue weighted by Crippen LogP contribution is -2.09. The van der Waals surface area contributed by atoms with Crippen LogP contribution in [-0.4, -0.2) is 11.5 Å². The number of aromatic nitrogens is 1. The second-order valence-corrected chi connectivity index (χ2v) is 5.22. The maximum absolute atomic E-state index is 5.71. The Morgan fingerprint density at radius 3 is 2.92 bits per heavy atom. The molecule has 0 radical (unpaired) electrons. The Hall–Kier alpha value is -0.410. The molecule has 3 heteroatoms. The summed E-state index contributed by atoms with van der Waals surface area (Å²) in [6, 6.07) is 0. The Balaban J connectivity index is 1.95. The summed E-state index contributed by atoms with van der Waals surface area (Å²) in [5, 5.41) is 1.39. The van der Waals surface area contributed by atoms with Crippen molar-refractivity contribution in [2.75, 3.05) is 6.54 Å². The predicted octanol–water partition coefficient (Wildman–Crippen LogP) is 2.01. The molecule has 0 amide bonds. The van der Waals surface area contributed by atoms with Crippen molar-refractivity contribution in [1.29, 1.82) is 0 Å². The Kier molecular flexibility index (Phi) is 1.70. The number of fused-ring (bicyclic) bond motifs is 1. The molecule has 70 valence electrons. The second kappa shape index (κ2) is 2.79. The molecule has 1 atom stereocenters. The lowest BCUT2D eigenvalue weighted by atomic mass is 10.1. The van der Waals surface area contributed by atoms with Crippen LogP contribution in [0.4, 0.5) is 0 Å². The van der Waals surface area contributed by atoms with E-state index in [4.69, 9.17) is 10.7 Å². The van der Waals surface area contributed by atoms with Crippen molar-refractivity contribution in [1.82, 2.24) is 4.98 Å². The van der Waals surface area contributed by atoms with Gasteiger partial charge in [0.15, 0.2) is 0 Å². The van der Waals surface area contributed by atoms with E-state index in [2.05, 4.69) is 0 Å². The lowest BCUT2D eigenvalue weighted by molar-refractivity contribution is 0.671. The van der Waals surface area contributed by atoms with E-state index in [-0.39, 0.29) is 0 Å². The predicted molar refractivity (Wildman–Crippen MR) is 54.2 cm³/mol. The minimum atomic E-state index is 0.568. The summed E-state index contributed by atoms with van der Waals surface area (Å²) in [6.07, 6.45) is 5.18. The molecular weight excluding hydrogens is 180 g/mol. The van der Waals surface area contributed by atoms with E-state index in [1.807, 2.05) is 11.3 Å².